The van der Waals surface area contributed by atoms with Gasteiger partial charge in [-0.2, -0.15) is 5.26 Å². The summed E-state index contributed by atoms with van der Waals surface area (Å²) < 4.78 is 5.51. The van der Waals surface area contributed by atoms with E-state index in [0.29, 0.717) is 17.9 Å². The van der Waals surface area contributed by atoms with Crippen molar-refractivity contribution in [1.29, 1.82) is 5.26 Å². The Morgan fingerprint density at radius 1 is 1.14 bits per heavy atom. The minimum atomic E-state index is -0.0149. The molecular weight excluding hydrogens is 276 g/mol. The second-order valence-corrected chi connectivity index (χ2v) is 5.26. The lowest BCUT2D eigenvalue weighted by molar-refractivity contribution is -0.134. The monoisotopic (exact) mass is 292 g/mol. The fourth-order valence-corrected chi connectivity index (χ4v) is 2.57. The summed E-state index contributed by atoms with van der Waals surface area (Å²) in [6, 6.07) is 17.0. The number of fused-ring (bicyclic) bond motifs is 1. The summed E-state index contributed by atoms with van der Waals surface area (Å²) >= 11 is 0. The van der Waals surface area contributed by atoms with Gasteiger partial charge in [0.15, 0.2) is 6.61 Å². The predicted octanol–water partition coefficient (Wildman–Crippen LogP) is 2.52. The van der Waals surface area contributed by atoms with Gasteiger partial charge in [0.25, 0.3) is 5.91 Å². The van der Waals surface area contributed by atoms with Gasteiger partial charge in [0.1, 0.15) is 5.75 Å². The van der Waals surface area contributed by atoms with E-state index in [2.05, 4.69) is 12.1 Å². The normalized spacial score (nSPS) is 13.1. The van der Waals surface area contributed by atoms with Crippen molar-refractivity contribution in [3.05, 3.63) is 65.2 Å². The molecule has 4 heteroatoms. The largest absolute Gasteiger partial charge is 0.484 e. The minimum absolute atomic E-state index is 0.0149. The SMILES string of the molecule is N#Cc1ccc(OCC(=O)N2CCc3ccccc3C2)cc1. The number of hydrogen-bond acceptors (Lipinski definition) is 3. The Kier molecular flexibility index (Phi) is 4.06. The van der Waals surface area contributed by atoms with Crippen molar-refractivity contribution in [2.24, 2.45) is 0 Å². The summed E-state index contributed by atoms with van der Waals surface area (Å²) in [5.41, 5.74) is 3.10. The molecule has 0 aliphatic carbocycles. The fourth-order valence-electron chi connectivity index (χ4n) is 2.57. The molecule has 22 heavy (non-hydrogen) atoms. The highest BCUT2D eigenvalue weighted by Crippen LogP contribution is 2.19. The van der Waals surface area contributed by atoms with Gasteiger partial charge in [-0.15, -0.1) is 0 Å². The number of carbonyl (C=O) groups excluding carboxylic acids is 1. The Morgan fingerprint density at radius 2 is 1.86 bits per heavy atom. The van der Waals surface area contributed by atoms with Crippen LogP contribution in [0.15, 0.2) is 48.5 Å². The molecule has 0 aromatic heterocycles. The van der Waals surface area contributed by atoms with Crippen LogP contribution in [0.25, 0.3) is 0 Å². The smallest absolute Gasteiger partial charge is 0.260 e. The van der Waals surface area contributed by atoms with E-state index in [4.69, 9.17) is 10.00 Å². The van der Waals surface area contributed by atoms with Gasteiger partial charge in [0.05, 0.1) is 11.6 Å². The molecule has 1 aliphatic heterocycles. The fraction of sp³-hybridized carbons (Fsp3) is 0.222. The first-order valence-corrected chi connectivity index (χ1v) is 7.24. The molecule has 110 valence electrons. The number of benzene rings is 2. The zero-order valence-electron chi connectivity index (χ0n) is 12.2. The van der Waals surface area contributed by atoms with E-state index in [1.165, 1.54) is 11.1 Å². The third kappa shape index (κ3) is 3.09. The van der Waals surface area contributed by atoms with Crippen LogP contribution in [0.3, 0.4) is 0 Å². The van der Waals surface area contributed by atoms with Crippen molar-refractivity contribution in [1.82, 2.24) is 4.90 Å². The van der Waals surface area contributed by atoms with E-state index in [1.807, 2.05) is 23.1 Å². The minimum Gasteiger partial charge on any atom is -0.484 e. The first-order valence-electron chi connectivity index (χ1n) is 7.24. The second-order valence-electron chi connectivity index (χ2n) is 5.26. The highest BCUT2D eigenvalue weighted by Gasteiger charge is 2.20. The van der Waals surface area contributed by atoms with Gasteiger partial charge >= 0.3 is 0 Å². The van der Waals surface area contributed by atoms with Crippen molar-refractivity contribution in [3.63, 3.8) is 0 Å². The van der Waals surface area contributed by atoms with Gasteiger partial charge in [-0.25, -0.2) is 0 Å². The molecule has 0 fully saturated rings. The number of nitrogens with zero attached hydrogens (tertiary/aromatic N) is 2. The first-order chi connectivity index (χ1) is 10.8. The van der Waals surface area contributed by atoms with Gasteiger partial charge < -0.3 is 9.64 Å². The van der Waals surface area contributed by atoms with Crippen molar-refractivity contribution in [2.75, 3.05) is 13.2 Å². The molecule has 0 saturated carbocycles. The Hall–Kier alpha value is -2.80. The number of nitriles is 1. The van der Waals surface area contributed by atoms with Crippen molar-refractivity contribution < 1.29 is 9.53 Å². The van der Waals surface area contributed by atoms with E-state index >= 15 is 0 Å². The summed E-state index contributed by atoms with van der Waals surface area (Å²) in [7, 11) is 0. The van der Waals surface area contributed by atoms with E-state index in [1.54, 1.807) is 24.3 Å². The maximum atomic E-state index is 12.3. The molecule has 4 nitrogen and oxygen atoms in total. The summed E-state index contributed by atoms with van der Waals surface area (Å²) in [6.45, 7) is 1.40. The molecule has 0 N–H and O–H groups in total. The molecule has 0 saturated heterocycles. The lowest BCUT2D eigenvalue weighted by Gasteiger charge is -2.28. The zero-order chi connectivity index (χ0) is 15.4. The predicted molar refractivity (Wildman–Crippen MR) is 82.2 cm³/mol. The average molecular weight is 292 g/mol. The summed E-state index contributed by atoms with van der Waals surface area (Å²) in [5.74, 6) is 0.587. The molecule has 0 unspecified atom stereocenters. The van der Waals surface area contributed by atoms with Crippen molar-refractivity contribution in [2.45, 2.75) is 13.0 Å². The Bertz CT molecular complexity index is 717. The van der Waals surface area contributed by atoms with Gasteiger partial charge in [-0.3, -0.25) is 4.79 Å². The topological polar surface area (TPSA) is 53.3 Å². The number of ether oxygens (including phenoxy) is 1. The van der Waals surface area contributed by atoms with Crippen molar-refractivity contribution >= 4 is 5.91 Å². The van der Waals surface area contributed by atoms with Crippen molar-refractivity contribution in [3.8, 4) is 11.8 Å². The van der Waals surface area contributed by atoms with Crippen LogP contribution in [0.1, 0.15) is 16.7 Å². The summed E-state index contributed by atoms with van der Waals surface area (Å²) in [4.78, 5) is 14.1. The molecule has 2 aromatic carbocycles. The Morgan fingerprint density at radius 3 is 2.59 bits per heavy atom. The van der Waals surface area contributed by atoms with Crippen LogP contribution in [0, 0.1) is 11.3 Å². The maximum absolute atomic E-state index is 12.3. The molecule has 0 bridgehead atoms. The van der Waals surface area contributed by atoms with E-state index in [9.17, 15) is 4.79 Å². The van der Waals surface area contributed by atoms with Crippen LogP contribution in [0.5, 0.6) is 5.75 Å². The maximum Gasteiger partial charge on any atom is 0.260 e. The summed E-state index contributed by atoms with van der Waals surface area (Å²) in [6.07, 6.45) is 0.888. The van der Waals surface area contributed by atoms with Gasteiger partial charge in [0, 0.05) is 13.1 Å². The van der Waals surface area contributed by atoms with Gasteiger partial charge in [0.2, 0.25) is 0 Å². The number of rotatable bonds is 3. The highest BCUT2D eigenvalue weighted by molar-refractivity contribution is 5.78. The standard InChI is InChI=1S/C18H16N2O2/c19-11-14-5-7-17(8-6-14)22-13-18(21)20-10-9-15-3-1-2-4-16(15)12-20/h1-8H,9-10,12-13H2. The van der Waals surface area contributed by atoms with Crippen LogP contribution in [0.2, 0.25) is 0 Å². The quantitative estimate of drug-likeness (QED) is 0.873. The highest BCUT2D eigenvalue weighted by atomic mass is 16.5. The molecule has 1 aliphatic rings. The molecule has 0 atom stereocenters. The molecule has 0 spiro atoms. The van der Waals surface area contributed by atoms with Crippen LogP contribution in [0.4, 0.5) is 0 Å². The molecule has 1 heterocycles. The van der Waals surface area contributed by atoms with Gasteiger partial charge in [-0.05, 0) is 41.8 Å². The lowest BCUT2D eigenvalue weighted by atomic mass is 10.00. The summed E-state index contributed by atoms with van der Waals surface area (Å²) in [5, 5.41) is 8.75. The Balaban J connectivity index is 1.57. The van der Waals surface area contributed by atoms with Crippen LogP contribution < -0.4 is 4.74 Å². The second kappa shape index (κ2) is 6.31. The number of carbonyl (C=O) groups is 1. The zero-order valence-corrected chi connectivity index (χ0v) is 12.2. The number of amides is 1. The van der Waals surface area contributed by atoms with E-state index in [0.717, 1.165) is 13.0 Å². The van der Waals surface area contributed by atoms with Crippen LogP contribution >= 0.6 is 0 Å². The molecule has 0 radical (unpaired) electrons. The van der Waals surface area contributed by atoms with Crippen LogP contribution in [-0.4, -0.2) is 24.0 Å². The average Bonchev–Trinajstić information content (AvgIpc) is 2.59. The molecule has 3 rings (SSSR count). The number of hydrogen-bond donors (Lipinski definition) is 0. The van der Waals surface area contributed by atoms with Crippen LogP contribution in [-0.2, 0) is 17.8 Å². The van der Waals surface area contributed by atoms with Gasteiger partial charge in [-0.1, -0.05) is 24.3 Å². The lowest BCUT2D eigenvalue weighted by Crippen LogP contribution is -2.38. The molecule has 2 aromatic rings. The third-order valence-electron chi connectivity index (χ3n) is 3.83. The van der Waals surface area contributed by atoms with E-state index in [-0.39, 0.29) is 12.5 Å². The molecular formula is C18H16N2O2. The van der Waals surface area contributed by atoms with E-state index < -0.39 is 0 Å². The molecule has 1 amide bonds. The first kappa shape index (κ1) is 14.2. The Labute approximate surface area is 129 Å². The third-order valence-corrected chi connectivity index (χ3v) is 3.83.